The number of nitrogens with one attached hydrogen (secondary N) is 2. The third-order valence-electron chi connectivity index (χ3n) is 14.1. The third-order valence-corrected chi connectivity index (χ3v) is 14.1. The second-order valence-electron chi connectivity index (χ2n) is 18.1. The van der Waals surface area contributed by atoms with Gasteiger partial charge in [0, 0.05) is 113 Å². The van der Waals surface area contributed by atoms with Crippen LogP contribution in [0.15, 0.2) is 55.2 Å². The van der Waals surface area contributed by atoms with Gasteiger partial charge in [0.2, 0.25) is 5.91 Å². The van der Waals surface area contributed by atoms with Crippen molar-refractivity contribution >= 4 is 57.1 Å². The van der Waals surface area contributed by atoms with Gasteiger partial charge in [0.05, 0.1) is 48.6 Å². The Labute approximate surface area is 362 Å². The molecule has 4 amide bonds. The number of amides is 4. The van der Waals surface area contributed by atoms with E-state index in [-0.39, 0.29) is 41.8 Å². The Balaban J connectivity index is 0.647. The van der Waals surface area contributed by atoms with Crippen LogP contribution in [0, 0.1) is 11.8 Å². The molecule has 63 heavy (non-hydrogen) atoms. The van der Waals surface area contributed by atoms with Crippen molar-refractivity contribution in [3.05, 3.63) is 66.5 Å². The molecule has 9 heterocycles. The molecule has 1 aromatic carbocycles. The average Bonchev–Trinajstić information content (AvgIpc) is 4.10. The number of alkyl halides is 2. The Hall–Kier alpha value is -5.79. The summed E-state index contributed by atoms with van der Waals surface area (Å²) in [5, 5.41) is 15.7. The molecule has 5 aliphatic heterocycles. The van der Waals surface area contributed by atoms with Gasteiger partial charge in [-0.3, -0.25) is 29.5 Å². The number of imide groups is 1. The molecule has 330 valence electrons. The number of urea groups is 1. The summed E-state index contributed by atoms with van der Waals surface area (Å²) in [6, 6.07) is 7.86. The smallest absolute Gasteiger partial charge is 0.328 e. The van der Waals surface area contributed by atoms with E-state index in [1.807, 2.05) is 24.4 Å². The topological polar surface area (TPSA) is 162 Å². The van der Waals surface area contributed by atoms with Gasteiger partial charge < -0.3 is 29.7 Å². The van der Waals surface area contributed by atoms with Gasteiger partial charge in [-0.2, -0.15) is 10.2 Å². The van der Waals surface area contributed by atoms with E-state index in [0.717, 1.165) is 113 Å². The van der Waals surface area contributed by atoms with Crippen molar-refractivity contribution in [1.29, 1.82) is 0 Å². The number of hydrogen-bond acceptors (Lipinski definition) is 12. The van der Waals surface area contributed by atoms with Crippen LogP contribution in [0.2, 0.25) is 0 Å². The first-order chi connectivity index (χ1) is 30.7. The zero-order valence-corrected chi connectivity index (χ0v) is 35.0. The maximum atomic E-state index is 14.3. The molecule has 2 N–H and O–H groups in total. The number of carbonyl (C=O) groups excluding carboxylic acids is 3. The predicted molar refractivity (Wildman–Crippen MR) is 230 cm³/mol. The third kappa shape index (κ3) is 7.73. The first kappa shape index (κ1) is 40.0. The second-order valence-corrected chi connectivity index (χ2v) is 18.1. The van der Waals surface area contributed by atoms with Crippen molar-refractivity contribution in [3.63, 3.8) is 0 Å². The van der Waals surface area contributed by atoms with Crippen molar-refractivity contribution in [2.75, 3.05) is 92.1 Å². The Morgan fingerprint density at radius 3 is 2.41 bits per heavy atom. The highest BCUT2D eigenvalue weighted by Crippen LogP contribution is 2.38. The van der Waals surface area contributed by atoms with Gasteiger partial charge in [0.1, 0.15) is 11.4 Å². The number of anilines is 4. The van der Waals surface area contributed by atoms with Crippen LogP contribution in [0.25, 0.3) is 16.4 Å². The van der Waals surface area contributed by atoms with Crippen LogP contribution < -0.4 is 25.3 Å². The van der Waals surface area contributed by atoms with Crippen molar-refractivity contribution in [2.24, 2.45) is 11.8 Å². The highest BCUT2D eigenvalue weighted by molar-refractivity contribution is 6.11. The summed E-state index contributed by atoms with van der Waals surface area (Å²) >= 11 is 0. The molecule has 6 aliphatic rings. The molecule has 0 spiro atoms. The summed E-state index contributed by atoms with van der Waals surface area (Å²) in [7, 11) is 0. The van der Waals surface area contributed by atoms with Crippen molar-refractivity contribution < 1.29 is 27.9 Å². The van der Waals surface area contributed by atoms with E-state index in [2.05, 4.69) is 51.5 Å². The van der Waals surface area contributed by atoms with E-state index in [9.17, 15) is 23.2 Å². The Morgan fingerprint density at radius 2 is 1.68 bits per heavy atom. The molecule has 1 aliphatic carbocycles. The molecule has 0 radical (unpaired) electrons. The normalized spacial score (nSPS) is 24.8. The van der Waals surface area contributed by atoms with Crippen LogP contribution in [0.4, 0.5) is 36.5 Å². The second kappa shape index (κ2) is 16.4. The summed E-state index contributed by atoms with van der Waals surface area (Å²) in [6.07, 6.45) is 10.5. The van der Waals surface area contributed by atoms with Crippen LogP contribution in [0.5, 0.6) is 0 Å². The van der Waals surface area contributed by atoms with E-state index < -0.39 is 24.1 Å². The molecular weight excluding hydrogens is 813 g/mol. The van der Waals surface area contributed by atoms with E-state index in [1.165, 1.54) is 10.7 Å². The van der Waals surface area contributed by atoms with Gasteiger partial charge in [0.25, 0.3) is 12.3 Å². The number of carbonyl (C=O) groups is 3. The molecular formula is C44H51F2N13O4. The molecule has 1 saturated carbocycles. The highest BCUT2D eigenvalue weighted by Gasteiger charge is 2.40. The van der Waals surface area contributed by atoms with Gasteiger partial charge in [-0.05, 0) is 50.2 Å². The van der Waals surface area contributed by atoms with Crippen molar-refractivity contribution in [1.82, 2.24) is 44.5 Å². The fourth-order valence-corrected chi connectivity index (χ4v) is 10.7. The fourth-order valence-electron chi connectivity index (χ4n) is 10.7. The lowest BCUT2D eigenvalue weighted by atomic mass is 9.85. The van der Waals surface area contributed by atoms with Crippen LogP contribution >= 0.6 is 0 Å². The average molecular weight is 864 g/mol. The first-order valence-electron chi connectivity index (χ1n) is 22.3. The van der Waals surface area contributed by atoms with Crippen LogP contribution in [0.1, 0.15) is 67.0 Å². The summed E-state index contributed by atoms with van der Waals surface area (Å²) in [4.78, 5) is 58.5. The van der Waals surface area contributed by atoms with Crippen LogP contribution in [0.3, 0.4) is 0 Å². The molecule has 2 atom stereocenters. The van der Waals surface area contributed by atoms with Gasteiger partial charge in [-0.15, -0.1) is 0 Å². The summed E-state index contributed by atoms with van der Waals surface area (Å²) < 4.78 is 37.5. The Morgan fingerprint density at radius 1 is 0.889 bits per heavy atom. The van der Waals surface area contributed by atoms with Crippen molar-refractivity contribution in [2.45, 2.75) is 63.1 Å². The molecule has 5 aromatic rings. The molecule has 17 nitrogen and oxygen atoms in total. The van der Waals surface area contributed by atoms with E-state index >= 15 is 0 Å². The Bertz CT molecular complexity index is 2550. The molecule has 19 heteroatoms. The van der Waals surface area contributed by atoms with Crippen LogP contribution in [-0.2, 0) is 9.53 Å². The number of morpholine rings is 1. The van der Waals surface area contributed by atoms with E-state index in [0.29, 0.717) is 36.3 Å². The monoisotopic (exact) mass is 863 g/mol. The zero-order chi connectivity index (χ0) is 42.8. The molecule has 4 aromatic heterocycles. The number of nitrogens with zero attached hydrogens (tertiary/aromatic N) is 11. The SMILES string of the molecule is O=C1CCN(c2cncc3c(N4CC(CN5CCN(CC6CCC(n7cc(NC(=O)c8cnn9ccc(N%10C[C@H]%11C[C@@H]%10CO%11)nc89)c(C(F)F)n7)CC6)CC5)C4)cccc23)C(=O)N1. The van der Waals surface area contributed by atoms with Gasteiger partial charge in [-0.25, -0.2) is 23.1 Å². The number of ether oxygens (including phenoxy) is 1. The Kier molecular flexibility index (Phi) is 10.4. The molecule has 2 bridgehead atoms. The number of hydrogen-bond donors (Lipinski definition) is 2. The predicted octanol–water partition coefficient (Wildman–Crippen LogP) is 4.57. The van der Waals surface area contributed by atoms with Gasteiger partial charge in [-0.1, -0.05) is 12.1 Å². The lowest BCUT2D eigenvalue weighted by Crippen LogP contribution is -2.55. The number of aromatic nitrogens is 6. The number of piperazine rings is 1. The standard InChI is InChI=1S/C44H51F2N13O4/c45-41(46)40-35(49-43(61)34-18-48-58-11-8-38(50-42(34)58)57-24-31-16-30(57)26-63-31)25-59(52-40)29-6-4-27(5-7-29)20-53-12-14-54(15-13-53)21-28-22-55(23-28)36-3-1-2-32-33(36)17-47-19-37(32)56-10-9-39(60)51-44(56)62/h1-3,8,11,17-19,25,27-31,41H,4-7,9-10,12-16,20-24,26H2,(H,49,61)(H,51,60,62)/t27?,29?,30-,31-/m1/s1. The molecule has 6 fully saturated rings. The minimum Gasteiger partial charge on any atom is -0.374 e. The maximum Gasteiger partial charge on any atom is 0.328 e. The lowest BCUT2D eigenvalue weighted by Gasteiger charge is -2.45. The van der Waals surface area contributed by atoms with Crippen LogP contribution in [-0.4, -0.2) is 141 Å². The first-order valence-corrected chi connectivity index (χ1v) is 22.3. The largest absolute Gasteiger partial charge is 0.374 e. The lowest BCUT2D eigenvalue weighted by molar-refractivity contribution is -0.120. The zero-order valence-electron chi connectivity index (χ0n) is 35.0. The van der Waals surface area contributed by atoms with Crippen molar-refractivity contribution in [3.8, 4) is 0 Å². The van der Waals surface area contributed by atoms with E-state index in [1.54, 1.807) is 28.2 Å². The highest BCUT2D eigenvalue weighted by atomic mass is 19.3. The number of pyridine rings is 1. The quantitative estimate of drug-likeness (QED) is 0.191. The summed E-state index contributed by atoms with van der Waals surface area (Å²) in [5.41, 5.74) is 1.99. The number of benzene rings is 1. The minimum absolute atomic E-state index is 0.0129. The summed E-state index contributed by atoms with van der Waals surface area (Å²) in [6.45, 7) is 9.88. The fraction of sp³-hybridized carbons (Fsp3) is 0.523. The number of fused-ring (bicyclic) bond motifs is 4. The molecule has 11 rings (SSSR count). The number of halogens is 2. The summed E-state index contributed by atoms with van der Waals surface area (Å²) in [5.74, 6) is 1.04. The van der Waals surface area contributed by atoms with Gasteiger partial charge in [0.15, 0.2) is 11.3 Å². The number of rotatable bonds is 11. The minimum atomic E-state index is -2.84. The van der Waals surface area contributed by atoms with E-state index in [4.69, 9.17) is 9.72 Å². The molecule has 0 unspecified atom stereocenters. The van der Waals surface area contributed by atoms with Gasteiger partial charge >= 0.3 is 6.03 Å². The maximum absolute atomic E-state index is 14.3. The molecule has 5 saturated heterocycles.